The predicted octanol–water partition coefficient (Wildman–Crippen LogP) is 2.80. The van der Waals surface area contributed by atoms with Gasteiger partial charge in [-0.1, -0.05) is 12.1 Å². The van der Waals surface area contributed by atoms with Gasteiger partial charge >= 0.3 is 0 Å². The molecule has 0 aliphatic rings. The third-order valence-corrected chi connectivity index (χ3v) is 3.82. The summed E-state index contributed by atoms with van der Waals surface area (Å²) in [6.07, 6.45) is 6.88. The zero-order chi connectivity index (χ0) is 15.6. The lowest BCUT2D eigenvalue weighted by Crippen LogP contribution is -2.31. The average Bonchev–Trinajstić information content (AvgIpc) is 3.19. The number of benzene rings is 1. The molecule has 23 heavy (non-hydrogen) atoms. The fourth-order valence-corrected chi connectivity index (χ4v) is 2.75. The van der Waals surface area contributed by atoms with Crippen LogP contribution in [0, 0.1) is 6.92 Å². The lowest BCUT2D eigenvalue weighted by Gasteiger charge is -2.05. The Morgan fingerprint density at radius 2 is 2.17 bits per heavy atom. The highest BCUT2D eigenvalue weighted by Gasteiger charge is 2.14. The predicted molar refractivity (Wildman–Crippen MR) is 88.1 cm³/mol. The lowest BCUT2D eigenvalue weighted by atomic mass is 10.2. The summed E-state index contributed by atoms with van der Waals surface area (Å²) in [6.45, 7) is 3.67. The van der Waals surface area contributed by atoms with E-state index in [1.54, 1.807) is 0 Å². The van der Waals surface area contributed by atoms with E-state index < -0.39 is 0 Å². The molecule has 1 aromatic carbocycles. The van der Waals surface area contributed by atoms with Crippen molar-refractivity contribution in [1.29, 1.82) is 0 Å². The molecule has 0 aliphatic carbocycles. The molecule has 4 rings (SSSR count). The van der Waals surface area contributed by atoms with Crippen LogP contribution in [0.5, 0.6) is 0 Å². The molecular formula is C17H18N5O+. The van der Waals surface area contributed by atoms with E-state index in [-0.39, 0.29) is 0 Å². The fourth-order valence-electron chi connectivity index (χ4n) is 2.75. The van der Waals surface area contributed by atoms with E-state index in [2.05, 4.69) is 24.8 Å². The van der Waals surface area contributed by atoms with Crippen LogP contribution in [0.4, 0.5) is 5.82 Å². The Morgan fingerprint density at radius 3 is 3.04 bits per heavy atom. The number of nitrogens with one attached hydrogen (secondary N) is 2. The van der Waals surface area contributed by atoms with E-state index in [0.29, 0.717) is 0 Å². The van der Waals surface area contributed by atoms with Gasteiger partial charge in [0.2, 0.25) is 6.33 Å². The number of imidazole rings is 1. The summed E-state index contributed by atoms with van der Waals surface area (Å²) in [5, 5.41) is 4.41. The Labute approximate surface area is 133 Å². The molecule has 6 heteroatoms. The maximum absolute atomic E-state index is 5.94. The number of para-hydroxylation sites is 1. The van der Waals surface area contributed by atoms with Gasteiger partial charge in [-0.3, -0.25) is 4.98 Å². The van der Waals surface area contributed by atoms with E-state index in [4.69, 9.17) is 4.42 Å². The third kappa shape index (κ3) is 2.63. The van der Waals surface area contributed by atoms with Crippen molar-refractivity contribution in [2.45, 2.75) is 19.9 Å². The molecular weight excluding hydrogens is 290 g/mol. The molecule has 3 heterocycles. The first-order chi connectivity index (χ1) is 11.3. The van der Waals surface area contributed by atoms with E-state index >= 15 is 0 Å². The molecule has 0 atom stereocenters. The summed E-state index contributed by atoms with van der Waals surface area (Å²) in [6, 6.07) is 7.95. The van der Waals surface area contributed by atoms with E-state index in [1.807, 2.05) is 49.9 Å². The van der Waals surface area contributed by atoms with Gasteiger partial charge < -0.3 is 9.73 Å². The molecule has 6 nitrogen and oxygen atoms in total. The van der Waals surface area contributed by atoms with Gasteiger partial charge in [0.1, 0.15) is 29.3 Å². The third-order valence-electron chi connectivity index (χ3n) is 3.82. The number of nitrogens with zero attached hydrogens (tertiary/aromatic N) is 3. The van der Waals surface area contributed by atoms with Crippen molar-refractivity contribution in [3.05, 3.63) is 48.8 Å². The van der Waals surface area contributed by atoms with Crippen molar-refractivity contribution in [2.75, 3.05) is 11.9 Å². The van der Waals surface area contributed by atoms with Crippen molar-refractivity contribution < 1.29 is 8.98 Å². The number of aromatic nitrogens is 4. The highest BCUT2D eigenvalue weighted by Crippen LogP contribution is 2.30. The van der Waals surface area contributed by atoms with Crippen LogP contribution in [0.2, 0.25) is 0 Å². The molecule has 0 saturated carbocycles. The second-order valence-electron chi connectivity index (χ2n) is 5.53. The lowest BCUT2D eigenvalue weighted by molar-refractivity contribution is -0.695. The van der Waals surface area contributed by atoms with E-state index in [0.717, 1.165) is 53.2 Å². The van der Waals surface area contributed by atoms with E-state index in [1.165, 1.54) is 0 Å². The van der Waals surface area contributed by atoms with Crippen LogP contribution < -0.4 is 9.88 Å². The number of aryl methyl sites for hydroxylation is 2. The quantitative estimate of drug-likeness (QED) is 0.439. The van der Waals surface area contributed by atoms with Crippen LogP contribution >= 0.6 is 0 Å². The summed E-state index contributed by atoms with van der Waals surface area (Å²) in [4.78, 5) is 12.1. The summed E-state index contributed by atoms with van der Waals surface area (Å²) in [7, 11) is 0. The molecule has 0 amide bonds. The molecule has 0 aliphatic heterocycles. The van der Waals surface area contributed by atoms with Crippen LogP contribution in [0.1, 0.15) is 12.2 Å². The Morgan fingerprint density at radius 1 is 1.26 bits per heavy atom. The van der Waals surface area contributed by atoms with Crippen LogP contribution in [0.3, 0.4) is 0 Å². The topological polar surface area (TPSA) is 70.6 Å². The van der Waals surface area contributed by atoms with Gasteiger partial charge in [0, 0.05) is 18.4 Å². The molecule has 4 aromatic rings. The van der Waals surface area contributed by atoms with Crippen molar-refractivity contribution in [1.82, 2.24) is 15.0 Å². The van der Waals surface area contributed by atoms with Gasteiger partial charge in [0.15, 0.2) is 11.4 Å². The maximum Gasteiger partial charge on any atom is 0.241 e. The highest BCUT2D eigenvalue weighted by molar-refractivity contribution is 6.05. The number of hydrogen-bond donors (Lipinski definition) is 2. The van der Waals surface area contributed by atoms with Gasteiger partial charge in [-0.15, -0.1) is 0 Å². The molecule has 2 N–H and O–H groups in total. The van der Waals surface area contributed by atoms with Crippen molar-refractivity contribution in [2.24, 2.45) is 0 Å². The number of rotatable bonds is 5. The van der Waals surface area contributed by atoms with Gasteiger partial charge in [-0.25, -0.2) is 14.5 Å². The number of anilines is 1. The maximum atomic E-state index is 5.94. The fraction of sp³-hybridized carbons (Fsp3) is 0.235. The Kier molecular flexibility index (Phi) is 3.42. The molecule has 116 valence electrons. The first kappa shape index (κ1) is 13.8. The van der Waals surface area contributed by atoms with Crippen molar-refractivity contribution >= 4 is 27.9 Å². The molecule has 0 fully saturated rings. The normalized spacial score (nSPS) is 11.3. The zero-order valence-electron chi connectivity index (χ0n) is 12.9. The highest BCUT2D eigenvalue weighted by atomic mass is 16.3. The molecule has 0 radical (unpaired) electrons. The minimum Gasteiger partial charge on any atom is -0.450 e. The number of H-pyrrole nitrogens is 1. The number of aromatic amines is 1. The molecule has 3 aromatic heterocycles. The van der Waals surface area contributed by atoms with Crippen molar-refractivity contribution in [3.8, 4) is 0 Å². The summed E-state index contributed by atoms with van der Waals surface area (Å²) in [5.41, 5.74) is 2.44. The summed E-state index contributed by atoms with van der Waals surface area (Å²) in [5.74, 6) is 1.51. The largest absolute Gasteiger partial charge is 0.450 e. The smallest absolute Gasteiger partial charge is 0.241 e. The average molecular weight is 308 g/mol. The Hall–Kier alpha value is -2.89. The first-order valence-electron chi connectivity index (χ1n) is 7.73. The molecule has 0 spiro atoms. The van der Waals surface area contributed by atoms with Crippen LogP contribution in [-0.4, -0.2) is 21.5 Å². The second kappa shape index (κ2) is 5.72. The Balaban J connectivity index is 1.58. The second-order valence-corrected chi connectivity index (χ2v) is 5.53. The monoisotopic (exact) mass is 308 g/mol. The van der Waals surface area contributed by atoms with Gasteiger partial charge in [0.25, 0.3) is 0 Å². The number of fused-ring (bicyclic) bond motifs is 3. The number of furan rings is 1. The number of hydrogen-bond acceptors (Lipinski definition) is 4. The van der Waals surface area contributed by atoms with Crippen LogP contribution in [0.25, 0.3) is 22.1 Å². The summed E-state index contributed by atoms with van der Waals surface area (Å²) >= 11 is 0. The minimum absolute atomic E-state index is 0.728. The first-order valence-corrected chi connectivity index (χ1v) is 7.73. The molecule has 0 saturated heterocycles. The standard InChI is InChI=1S/C17H17N5O/c1-12-20-15-13-5-2-3-6-14(13)23-16(15)17(21-12)19-7-4-9-22-10-8-18-11-22/h2-3,5-6,8,10-11H,4,7,9H2,1H3,(H,19,20,21)/p+1. The minimum atomic E-state index is 0.728. The Bertz CT molecular complexity index is 942. The molecule has 0 unspecified atom stereocenters. The van der Waals surface area contributed by atoms with Gasteiger partial charge in [0.05, 0.1) is 6.54 Å². The molecule has 0 bridgehead atoms. The summed E-state index contributed by atoms with van der Waals surface area (Å²) < 4.78 is 8.06. The van der Waals surface area contributed by atoms with E-state index in [9.17, 15) is 0 Å². The van der Waals surface area contributed by atoms with Gasteiger partial charge in [-0.05, 0) is 19.1 Å². The van der Waals surface area contributed by atoms with Crippen LogP contribution in [0.15, 0.2) is 47.4 Å². The van der Waals surface area contributed by atoms with Gasteiger partial charge in [-0.2, -0.15) is 0 Å². The zero-order valence-corrected chi connectivity index (χ0v) is 12.9. The van der Waals surface area contributed by atoms with Crippen molar-refractivity contribution in [3.63, 3.8) is 0 Å². The van der Waals surface area contributed by atoms with Crippen LogP contribution in [-0.2, 0) is 6.54 Å². The SMILES string of the molecule is Cc1nc(NCCC[n+]2cc[nH]c2)c2oc3ccccc3c2n1.